The van der Waals surface area contributed by atoms with E-state index in [2.05, 4.69) is 0 Å². The highest BCUT2D eigenvalue weighted by Gasteiger charge is 2.72. The van der Waals surface area contributed by atoms with Crippen LogP contribution in [0.1, 0.15) is 25.3 Å². The van der Waals surface area contributed by atoms with Gasteiger partial charge in [-0.3, -0.25) is 0 Å². The molecule has 1 aromatic carbocycles. The van der Waals surface area contributed by atoms with Crippen LogP contribution in [0.4, 0.5) is 0 Å². The van der Waals surface area contributed by atoms with Gasteiger partial charge in [-0.05, 0) is 31.9 Å². The Balaban J connectivity index is 1.99. The zero-order valence-electron chi connectivity index (χ0n) is 10.5. The van der Waals surface area contributed by atoms with Crippen molar-refractivity contribution in [2.24, 2.45) is 0 Å². The Morgan fingerprint density at radius 3 is 2.89 bits per heavy atom. The Bertz CT molecular complexity index is 585. The van der Waals surface area contributed by atoms with Gasteiger partial charge in [-0.1, -0.05) is 12.1 Å². The standard InChI is InChI=1S/C14H14O5/c1-12-6-7-13(16)11(15)18-10-5-3-2-4-9(10)14(13,19-12)17-8-12/h2-5,16H,6-8H2,1H3/t12-,13+,14+/m0/s1. The highest BCUT2D eigenvalue weighted by atomic mass is 16.8. The van der Waals surface area contributed by atoms with Gasteiger partial charge in [0.1, 0.15) is 5.75 Å². The highest BCUT2D eigenvalue weighted by molar-refractivity contribution is 5.86. The van der Waals surface area contributed by atoms with Gasteiger partial charge in [0.2, 0.25) is 11.4 Å². The number of benzene rings is 1. The average molecular weight is 262 g/mol. The SMILES string of the molecule is C[C@]12CC[C@@]3(O)C(=O)Oc4ccccc4[C@@]3(OC1)O2. The molecular weight excluding hydrogens is 248 g/mol. The van der Waals surface area contributed by atoms with Crippen molar-refractivity contribution in [3.63, 3.8) is 0 Å². The Morgan fingerprint density at radius 1 is 1.26 bits per heavy atom. The average Bonchev–Trinajstić information content (AvgIpc) is 2.70. The number of fused-ring (bicyclic) bond motifs is 2. The minimum absolute atomic E-state index is 0.274. The first-order valence-corrected chi connectivity index (χ1v) is 6.38. The molecule has 1 N–H and O–H groups in total. The number of rotatable bonds is 0. The maximum atomic E-state index is 12.2. The zero-order chi connectivity index (χ0) is 13.3. The molecule has 0 unspecified atom stereocenters. The molecule has 0 aliphatic carbocycles. The van der Waals surface area contributed by atoms with Crippen LogP contribution in [0, 0.1) is 0 Å². The van der Waals surface area contributed by atoms with Crippen molar-refractivity contribution in [3.05, 3.63) is 29.8 Å². The summed E-state index contributed by atoms with van der Waals surface area (Å²) in [5.74, 6) is -1.73. The van der Waals surface area contributed by atoms with Gasteiger partial charge in [0.15, 0.2) is 0 Å². The second-order valence-corrected chi connectivity index (χ2v) is 5.70. The van der Waals surface area contributed by atoms with Crippen LogP contribution in [-0.4, -0.2) is 28.9 Å². The van der Waals surface area contributed by atoms with Crippen molar-refractivity contribution in [2.45, 2.75) is 36.8 Å². The van der Waals surface area contributed by atoms with Crippen molar-refractivity contribution < 1.29 is 24.1 Å². The summed E-state index contributed by atoms with van der Waals surface area (Å²) in [6.45, 7) is 2.29. The highest BCUT2D eigenvalue weighted by Crippen LogP contribution is 2.58. The minimum Gasteiger partial charge on any atom is -0.424 e. The summed E-state index contributed by atoms with van der Waals surface area (Å²) in [6.07, 6.45) is 0.833. The lowest BCUT2D eigenvalue weighted by Gasteiger charge is -2.48. The minimum atomic E-state index is -1.77. The molecule has 0 saturated carbocycles. The molecule has 5 nitrogen and oxygen atoms in total. The van der Waals surface area contributed by atoms with Crippen LogP contribution in [0.5, 0.6) is 5.75 Å². The van der Waals surface area contributed by atoms with Crippen LogP contribution in [0.3, 0.4) is 0 Å². The van der Waals surface area contributed by atoms with E-state index < -0.39 is 23.0 Å². The molecule has 5 heteroatoms. The summed E-state index contributed by atoms with van der Waals surface area (Å²) in [5.41, 5.74) is -1.64. The van der Waals surface area contributed by atoms with Gasteiger partial charge in [-0.25, -0.2) is 4.79 Å². The predicted octanol–water partition coefficient (Wildman–Crippen LogP) is 1.09. The number of hydrogen-bond donors (Lipinski definition) is 1. The van der Waals surface area contributed by atoms with E-state index in [-0.39, 0.29) is 6.42 Å². The van der Waals surface area contributed by atoms with Crippen molar-refractivity contribution in [1.82, 2.24) is 0 Å². The molecule has 0 aromatic heterocycles. The van der Waals surface area contributed by atoms with Crippen molar-refractivity contribution in [3.8, 4) is 5.75 Å². The fraction of sp³-hybridized carbons (Fsp3) is 0.500. The van der Waals surface area contributed by atoms with Crippen LogP contribution in [0.25, 0.3) is 0 Å². The van der Waals surface area contributed by atoms with Crippen LogP contribution < -0.4 is 4.74 Å². The number of ether oxygens (including phenoxy) is 3. The van der Waals surface area contributed by atoms with Gasteiger partial charge >= 0.3 is 5.97 Å². The first kappa shape index (κ1) is 11.4. The van der Waals surface area contributed by atoms with Crippen LogP contribution >= 0.6 is 0 Å². The van der Waals surface area contributed by atoms with E-state index in [4.69, 9.17) is 14.2 Å². The Morgan fingerprint density at radius 2 is 2.05 bits per heavy atom. The summed E-state index contributed by atoms with van der Waals surface area (Å²) >= 11 is 0. The number of carbonyl (C=O) groups excluding carboxylic acids is 1. The molecule has 2 bridgehead atoms. The predicted molar refractivity (Wildman–Crippen MR) is 63.4 cm³/mol. The molecule has 3 aliphatic heterocycles. The van der Waals surface area contributed by atoms with E-state index in [0.717, 1.165) is 0 Å². The normalized spacial score (nSPS) is 43.4. The summed E-state index contributed by atoms with van der Waals surface area (Å²) in [7, 11) is 0. The maximum Gasteiger partial charge on any atom is 0.349 e. The molecule has 100 valence electrons. The monoisotopic (exact) mass is 262 g/mol. The number of esters is 1. The quantitative estimate of drug-likeness (QED) is 0.560. The number of carbonyl (C=O) groups is 1. The molecular formula is C14H14O5. The van der Waals surface area contributed by atoms with E-state index in [0.29, 0.717) is 24.3 Å². The first-order chi connectivity index (χ1) is 8.99. The Hall–Kier alpha value is -1.43. The van der Waals surface area contributed by atoms with E-state index in [1.54, 1.807) is 18.2 Å². The van der Waals surface area contributed by atoms with Gasteiger partial charge < -0.3 is 19.3 Å². The van der Waals surface area contributed by atoms with Gasteiger partial charge in [0.05, 0.1) is 17.8 Å². The molecule has 3 heterocycles. The molecule has 1 aromatic rings. The molecule has 0 radical (unpaired) electrons. The third-order valence-electron chi connectivity index (χ3n) is 4.31. The summed E-state index contributed by atoms with van der Waals surface area (Å²) < 4.78 is 17.0. The molecule has 1 spiro atoms. The van der Waals surface area contributed by atoms with Crippen molar-refractivity contribution in [1.29, 1.82) is 0 Å². The zero-order valence-corrected chi connectivity index (χ0v) is 10.5. The van der Waals surface area contributed by atoms with Gasteiger partial charge in [-0.2, -0.15) is 0 Å². The third kappa shape index (κ3) is 1.18. The van der Waals surface area contributed by atoms with Crippen LogP contribution in [-0.2, 0) is 20.1 Å². The van der Waals surface area contributed by atoms with Crippen LogP contribution in [0.2, 0.25) is 0 Å². The van der Waals surface area contributed by atoms with Crippen molar-refractivity contribution >= 4 is 5.97 Å². The molecule has 2 saturated heterocycles. The topological polar surface area (TPSA) is 65.0 Å². The van der Waals surface area contributed by atoms with Gasteiger partial charge in [0, 0.05) is 0 Å². The van der Waals surface area contributed by atoms with E-state index in [1.165, 1.54) is 0 Å². The molecule has 3 aliphatic rings. The second-order valence-electron chi connectivity index (χ2n) is 5.70. The fourth-order valence-corrected chi connectivity index (χ4v) is 3.20. The smallest absolute Gasteiger partial charge is 0.349 e. The van der Waals surface area contributed by atoms with E-state index in [1.807, 2.05) is 13.0 Å². The van der Waals surface area contributed by atoms with E-state index in [9.17, 15) is 9.90 Å². The number of para-hydroxylation sites is 1. The lowest BCUT2D eigenvalue weighted by molar-refractivity contribution is -0.315. The molecule has 19 heavy (non-hydrogen) atoms. The molecule has 0 amide bonds. The van der Waals surface area contributed by atoms with Gasteiger partial charge in [-0.15, -0.1) is 0 Å². The Labute approximate surface area is 110 Å². The van der Waals surface area contributed by atoms with Crippen molar-refractivity contribution in [2.75, 3.05) is 6.61 Å². The fourth-order valence-electron chi connectivity index (χ4n) is 3.20. The maximum absolute atomic E-state index is 12.2. The number of aliphatic hydroxyl groups is 1. The number of hydrogen-bond acceptors (Lipinski definition) is 5. The van der Waals surface area contributed by atoms with E-state index >= 15 is 0 Å². The summed E-state index contributed by atoms with van der Waals surface area (Å²) in [5, 5.41) is 10.8. The van der Waals surface area contributed by atoms with Gasteiger partial charge in [0.25, 0.3) is 0 Å². The first-order valence-electron chi connectivity index (χ1n) is 6.38. The summed E-state index contributed by atoms with van der Waals surface area (Å²) in [6, 6.07) is 7.02. The lowest BCUT2D eigenvalue weighted by Crippen LogP contribution is -2.65. The Kier molecular flexibility index (Phi) is 1.91. The van der Waals surface area contributed by atoms with Crippen LogP contribution in [0.15, 0.2) is 24.3 Å². The largest absolute Gasteiger partial charge is 0.424 e. The molecule has 2 fully saturated rings. The second kappa shape index (κ2) is 3.17. The summed E-state index contributed by atoms with van der Waals surface area (Å²) in [4.78, 5) is 12.2. The third-order valence-corrected chi connectivity index (χ3v) is 4.31. The molecule has 3 atom stereocenters. The molecule has 4 rings (SSSR count). The lowest BCUT2D eigenvalue weighted by atomic mass is 9.77.